The van der Waals surface area contributed by atoms with Gasteiger partial charge >= 0.3 is 6.09 Å². The van der Waals surface area contributed by atoms with Crippen molar-refractivity contribution < 1.29 is 23.9 Å². The van der Waals surface area contributed by atoms with E-state index in [4.69, 9.17) is 10.5 Å². The highest BCUT2D eigenvalue weighted by Crippen LogP contribution is 2.25. The molecule has 0 spiro atoms. The van der Waals surface area contributed by atoms with Gasteiger partial charge in [-0.05, 0) is 53.0 Å². The maximum atomic E-state index is 13.8. The van der Waals surface area contributed by atoms with E-state index in [1.54, 1.807) is 26.8 Å². The molecule has 1 aromatic carbocycles. The molecular weight excluding hydrogens is 460 g/mol. The Labute approximate surface area is 214 Å². The highest BCUT2D eigenvalue weighted by atomic mass is 16.6. The standard InChI is InChI=1S/C27H42N4O5/c1-8-11-19(4)29-24(33)23(20-13-10-12-18(3)17-20)31(16-9-2)25(34)21(14-15-22(28)32)30-26(35)36-27(5,6)7/h9-10,12-13,17,19,21,23H,2,8,11,14-16H2,1,3-7H3,(H2,28,32)(H,29,33)(H,30,35). The molecule has 0 saturated heterocycles. The summed E-state index contributed by atoms with van der Waals surface area (Å²) in [6.45, 7) is 14.7. The number of carbonyl (C=O) groups is 4. The Morgan fingerprint density at radius 2 is 1.83 bits per heavy atom. The van der Waals surface area contributed by atoms with Gasteiger partial charge < -0.3 is 26.0 Å². The number of amides is 4. The number of nitrogens with two attached hydrogens (primary N) is 1. The third-order valence-electron chi connectivity index (χ3n) is 5.31. The minimum absolute atomic E-state index is 0.0378. The van der Waals surface area contributed by atoms with Crippen molar-refractivity contribution in [2.75, 3.05) is 6.54 Å². The first-order valence-corrected chi connectivity index (χ1v) is 12.3. The van der Waals surface area contributed by atoms with Crippen molar-refractivity contribution in [3.8, 4) is 0 Å². The first kappa shape index (κ1) is 30.7. The number of aryl methyl sites for hydroxylation is 1. The normalized spacial score (nSPS) is 13.6. The van der Waals surface area contributed by atoms with Crippen LogP contribution in [0.3, 0.4) is 0 Å². The molecule has 1 rings (SSSR count). The summed E-state index contributed by atoms with van der Waals surface area (Å²) in [7, 11) is 0. The van der Waals surface area contributed by atoms with Gasteiger partial charge in [0.05, 0.1) is 0 Å². The number of nitrogens with one attached hydrogen (secondary N) is 2. The van der Waals surface area contributed by atoms with E-state index in [9.17, 15) is 19.2 Å². The van der Waals surface area contributed by atoms with Gasteiger partial charge in [0.25, 0.3) is 0 Å². The van der Waals surface area contributed by atoms with Crippen molar-refractivity contribution in [1.29, 1.82) is 0 Å². The van der Waals surface area contributed by atoms with Crippen LogP contribution in [0.1, 0.15) is 77.5 Å². The number of hydrogen-bond donors (Lipinski definition) is 3. The largest absolute Gasteiger partial charge is 0.444 e. The van der Waals surface area contributed by atoms with Crippen molar-refractivity contribution in [3.05, 3.63) is 48.0 Å². The van der Waals surface area contributed by atoms with E-state index in [0.29, 0.717) is 5.56 Å². The molecule has 0 aliphatic heterocycles. The zero-order valence-corrected chi connectivity index (χ0v) is 22.4. The SMILES string of the molecule is C=CCN(C(=O)C(CCC(N)=O)NC(=O)OC(C)(C)C)C(C(=O)NC(C)CCC)c1cccc(C)c1. The summed E-state index contributed by atoms with van der Waals surface area (Å²) in [6, 6.07) is 5.13. The first-order chi connectivity index (χ1) is 16.8. The summed E-state index contributed by atoms with van der Waals surface area (Å²) in [5.41, 5.74) is 6.08. The second-order valence-electron chi connectivity index (χ2n) is 10.00. The summed E-state index contributed by atoms with van der Waals surface area (Å²) < 4.78 is 5.32. The Bertz CT molecular complexity index is 925. The molecule has 0 aliphatic rings. The van der Waals surface area contributed by atoms with Crippen LogP contribution in [0.4, 0.5) is 4.79 Å². The van der Waals surface area contributed by atoms with Gasteiger partial charge in [0.15, 0.2) is 0 Å². The quantitative estimate of drug-likeness (QED) is 0.355. The maximum Gasteiger partial charge on any atom is 0.408 e. The van der Waals surface area contributed by atoms with Gasteiger partial charge in [-0.3, -0.25) is 14.4 Å². The van der Waals surface area contributed by atoms with Crippen LogP contribution in [0.2, 0.25) is 0 Å². The Kier molecular flexibility index (Phi) is 12.1. The van der Waals surface area contributed by atoms with Crippen LogP contribution >= 0.6 is 0 Å². The Balaban J connectivity index is 3.44. The van der Waals surface area contributed by atoms with Crippen LogP contribution in [0.5, 0.6) is 0 Å². The monoisotopic (exact) mass is 502 g/mol. The number of rotatable bonds is 13. The second-order valence-corrected chi connectivity index (χ2v) is 10.00. The fourth-order valence-electron chi connectivity index (χ4n) is 3.80. The van der Waals surface area contributed by atoms with Crippen LogP contribution in [0.25, 0.3) is 0 Å². The Hall–Kier alpha value is -3.36. The van der Waals surface area contributed by atoms with Crippen LogP contribution < -0.4 is 16.4 Å². The van der Waals surface area contributed by atoms with Crippen molar-refractivity contribution in [2.45, 2.75) is 91.0 Å². The van der Waals surface area contributed by atoms with E-state index >= 15 is 0 Å². The lowest BCUT2D eigenvalue weighted by molar-refractivity contribution is -0.142. The van der Waals surface area contributed by atoms with Gasteiger partial charge in [-0.1, -0.05) is 49.2 Å². The zero-order chi connectivity index (χ0) is 27.5. The molecule has 9 heteroatoms. The third kappa shape index (κ3) is 10.5. The van der Waals surface area contributed by atoms with Crippen molar-refractivity contribution in [2.24, 2.45) is 5.73 Å². The van der Waals surface area contributed by atoms with Crippen LogP contribution in [-0.4, -0.2) is 52.9 Å². The zero-order valence-electron chi connectivity index (χ0n) is 22.4. The summed E-state index contributed by atoms with van der Waals surface area (Å²) >= 11 is 0. The predicted octanol–water partition coefficient (Wildman–Crippen LogP) is 3.51. The number of primary amides is 1. The number of nitrogens with zero attached hydrogens (tertiary/aromatic N) is 1. The lowest BCUT2D eigenvalue weighted by Crippen LogP contribution is -2.53. The van der Waals surface area contributed by atoms with E-state index in [0.717, 1.165) is 18.4 Å². The lowest BCUT2D eigenvalue weighted by Gasteiger charge is -2.34. The summed E-state index contributed by atoms with van der Waals surface area (Å²) in [5.74, 6) is -1.51. The number of hydrogen-bond acceptors (Lipinski definition) is 5. The minimum atomic E-state index is -1.14. The summed E-state index contributed by atoms with van der Waals surface area (Å²) in [5, 5.41) is 5.56. The summed E-state index contributed by atoms with van der Waals surface area (Å²) in [6.07, 6.45) is 2.20. The molecule has 4 amide bonds. The minimum Gasteiger partial charge on any atom is -0.444 e. The van der Waals surface area contributed by atoms with Gasteiger partial charge in [-0.25, -0.2) is 4.79 Å². The topological polar surface area (TPSA) is 131 Å². The maximum absolute atomic E-state index is 13.8. The Morgan fingerprint density at radius 1 is 1.17 bits per heavy atom. The number of ether oxygens (including phenoxy) is 1. The molecule has 3 unspecified atom stereocenters. The molecule has 0 aliphatic carbocycles. The van der Waals surface area contributed by atoms with Gasteiger partial charge in [0.2, 0.25) is 17.7 Å². The Morgan fingerprint density at radius 3 is 2.36 bits per heavy atom. The average Bonchev–Trinajstić information content (AvgIpc) is 2.74. The van der Waals surface area contributed by atoms with Gasteiger partial charge in [-0.15, -0.1) is 6.58 Å². The highest BCUT2D eigenvalue weighted by molar-refractivity contribution is 5.92. The number of carbonyl (C=O) groups excluding carboxylic acids is 4. The van der Waals surface area contributed by atoms with Crippen LogP contribution in [0, 0.1) is 6.92 Å². The van der Waals surface area contributed by atoms with Crippen molar-refractivity contribution in [3.63, 3.8) is 0 Å². The van der Waals surface area contributed by atoms with E-state index in [1.165, 1.54) is 11.0 Å². The molecule has 0 heterocycles. The van der Waals surface area contributed by atoms with Gasteiger partial charge in [0.1, 0.15) is 17.7 Å². The lowest BCUT2D eigenvalue weighted by atomic mass is 9.99. The van der Waals surface area contributed by atoms with E-state index in [-0.39, 0.29) is 31.3 Å². The average molecular weight is 503 g/mol. The molecule has 200 valence electrons. The molecule has 0 radical (unpaired) electrons. The second kappa shape index (κ2) is 14.3. The van der Waals surface area contributed by atoms with Crippen LogP contribution in [-0.2, 0) is 19.1 Å². The van der Waals surface area contributed by atoms with E-state index in [2.05, 4.69) is 17.2 Å². The highest BCUT2D eigenvalue weighted by Gasteiger charge is 2.36. The fraction of sp³-hybridized carbons (Fsp3) is 0.556. The van der Waals surface area contributed by atoms with E-state index in [1.807, 2.05) is 39.0 Å². The number of benzene rings is 1. The number of alkyl carbamates (subject to hydrolysis) is 1. The van der Waals surface area contributed by atoms with Crippen LogP contribution in [0.15, 0.2) is 36.9 Å². The molecule has 4 N–H and O–H groups in total. The van der Waals surface area contributed by atoms with Crippen molar-refractivity contribution >= 4 is 23.8 Å². The fourth-order valence-corrected chi connectivity index (χ4v) is 3.80. The molecule has 36 heavy (non-hydrogen) atoms. The van der Waals surface area contributed by atoms with E-state index < -0.39 is 35.6 Å². The molecule has 0 bridgehead atoms. The smallest absolute Gasteiger partial charge is 0.408 e. The first-order valence-electron chi connectivity index (χ1n) is 12.3. The molecule has 9 nitrogen and oxygen atoms in total. The molecule has 0 aromatic heterocycles. The molecule has 0 saturated carbocycles. The molecular formula is C27H42N4O5. The van der Waals surface area contributed by atoms with Gasteiger partial charge in [0, 0.05) is 19.0 Å². The molecule has 1 aromatic rings. The molecule has 0 fully saturated rings. The predicted molar refractivity (Wildman–Crippen MR) is 140 cm³/mol. The third-order valence-corrected chi connectivity index (χ3v) is 5.31. The molecule has 3 atom stereocenters. The van der Waals surface area contributed by atoms with Crippen molar-refractivity contribution in [1.82, 2.24) is 15.5 Å². The van der Waals surface area contributed by atoms with Gasteiger partial charge in [-0.2, -0.15) is 0 Å². The summed E-state index contributed by atoms with van der Waals surface area (Å²) in [4.78, 5) is 52.7.